The minimum Gasteiger partial charge on any atom is -0.379 e. The Labute approximate surface area is 113 Å². The molecule has 1 saturated heterocycles. The molecule has 1 spiro atoms. The van der Waals surface area contributed by atoms with Gasteiger partial charge >= 0.3 is 0 Å². The highest BCUT2D eigenvalue weighted by atomic mass is 16.7. The molecule has 0 aromatic heterocycles. The summed E-state index contributed by atoms with van der Waals surface area (Å²) in [6, 6.07) is 8.22. The second kappa shape index (κ2) is 4.05. The van der Waals surface area contributed by atoms with Crippen molar-refractivity contribution in [3.05, 3.63) is 35.4 Å². The normalized spacial score (nSPS) is 35.9. The van der Waals surface area contributed by atoms with Crippen LogP contribution in [0.3, 0.4) is 0 Å². The smallest absolute Gasteiger partial charge is 0.202 e. The lowest BCUT2D eigenvalue weighted by Crippen LogP contribution is -2.62. The van der Waals surface area contributed by atoms with Crippen LogP contribution >= 0.6 is 0 Å². The topological polar surface area (TPSA) is 38.7 Å². The number of benzene rings is 1. The lowest BCUT2D eigenvalue weighted by atomic mass is 9.57. The molecule has 102 valence electrons. The van der Waals surface area contributed by atoms with E-state index in [4.69, 9.17) is 9.47 Å². The number of aliphatic hydroxyl groups is 1. The van der Waals surface area contributed by atoms with Crippen LogP contribution in [0.1, 0.15) is 49.1 Å². The molecule has 2 aliphatic carbocycles. The van der Waals surface area contributed by atoms with Crippen LogP contribution in [0.2, 0.25) is 0 Å². The van der Waals surface area contributed by atoms with Gasteiger partial charge in [0.1, 0.15) is 0 Å². The fraction of sp³-hybridized carbons (Fsp3) is 0.625. The van der Waals surface area contributed by atoms with E-state index in [2.05, 4.69) is 12.1 Å². The van der Waals surface area contributed by atoms with E-state index in [1.54, 1.807) is 0 Å². The first-order valence-electron chi connectivity index (χ1n) is 7.38. The molecule has 0 bridgehead atoms. The standard InChI is InChI=1S/C16H20O3/c17-16-13(12-6-3-4-8-14(12)16)7-2-1-5-9-15(16)18-10-11-19-15/h3-4,6,8,13,17H,1-2,5,7,9-11H2/t13-,16+/m1/s1. The Balaban J connectivity index is 1.85. The second-order valence-corrected chi connectivity index (χ2v) is 5.96. The Morgan fingerprint density at radius 2 is 1.84 bits per heavy atom. The zero-order valence-electron chi connectivity index (χ0n) is 11.1. The molecule has 1 heterocycles. The third-order valence-electron chi connectivity index (χ3n) is 5.08. The van der Waals surface area contributed by atoms with Gasteiger partial charge in [0.2, 0.25) is 5.79 Å². The van der Waals surface area contributed by atoms with E-state index in [1.807, 2.05) is 12.1 Å². The number of ether oxygens (including phenoxy) is 2. The summed E-state index contributed by atoms with van der Waals surface area (Å²) in [5, 5.41) is 11.4. The van der Waals surface area contributed by atoms with Crippen LogP contribution in [-0.2, 0) is 15.1 Å². The SMILES string of the molecule is O[C@]12c3ccccc3[C@H]1CCCCCC21OCCO1. The van der Waals surface area contributed by atoms with Crippen LogP contribution in [0.25, 0.3) is 0 Å². The van der Waals surface area contributed by atoms with Gasteiger partial charge in [0.25, 0.3) is 0 Å². The van der Waals surface area contributed by atoms with Crippen molar-refractivity contribution in [3.8, 4) is 0 Å². The molecular formula is C16H20O3. The molecule has 1 N–H and O–H groups in total. The molecule has 1 aromatic rings. The first-order valence-corrected chi connectivity index (χ1v) is 7.38. The molecule has 0 unspecified atom stereocenters. The quantitative estimate of drug-likeness (QED) is 0.779. The summed E-state index contributed by atoms with van der Waals surface area (Å²) < 4.78 is 11.9. The summed E-state index contributed by atoms with van der Waals surface area (Å²) in [5.41, 5.74) is 1.36. The average Bonchev–Trinajstić information content (AvgIpc) is 2.91. The number of hydrogen-bond acceptors (Lipinski definition) is 3. The van der Waals surface area contributed by atoms with Gasteiger partial charge in [-0.05, 0) is 24.0 Å². The molecule has 19 heavy (non-hydrogen) atoms. The predicted octanol–water partition coefficient (Wildman–Crippen LogP) is 2.68. The van der Waals surface area contributed by atoms with Crippen LogP contribution in [0.5, 0.6) is 0 Å². The Hall–Kier alpha value is -0.900. The zero-order chi connectivity index (χ0) is 12.9. The van der Waals surface area contributed by atoms with Gasteiger partial charge < -0.3 is 14.6 Å². The second-order valence-electron chi connectivity index (χ2n) is 5.96. The van der Waals surface area contributed by atoms with Crippen molar-refractivity contribution >= 4 is 0 Å². The molecule has 3 nitrogen and oxygen atoms in total. The van der Waals surface area contributed by atoms with Crippen molar-refractivity contribution < 1.29 is 14.6 Å². The summed E-state index contributed by atoms with van der Waals surface area (Å²) in [7, 11) is 0. The molecule has 1 aromatic carbocycles. The lowest BCUT2D eigenvalue weighted by Gasteiger charge is -2.56. The molecule has 2 fully saturated rings. The molecule has 3 heteroatoms. The third-order valence-corrected chi connectivity index (χ3v) is 5.08. The van der Waals surface area contributed by atoms with Crippen LogP contribution in [0.4, 0.5) is 0 Å². The zero-order valence-corrected chi connectivity index (χ0v) is 11.1. The minimum atomic E-state index is -0.944. The Bertz CT molecular complexity index is 493. The van der Waals surface area contributed by atoms with Crippen molar-refractivity contribution in [1.29, 1.82) is 0 Å². The molecule has 2 atom stereocenters. The summed E-state index contributed by atoms with van der Waals surface area (Å²) in [6.45, 7) is 1.19. The van der Waals surface area contributed by atoms with Gasteiger partial charge in [-0.2, -0.15) is 0 Å². The fourth-order valence-corrected chi connectivity index (χ4v) is 4.21. The van der Waals surface area contributed by atoms with Gasteiger partial charge in [0.15, 0.2) is 5.60 Å². The van der Waals surface area contributed by atoms with E-state index in [9.17, 15) is 5.11 Å². The van der Waals surface area contributed by atoms with E-state index in [0.717, 1.165) is 24.8 Å². The predicted molar refractivity (Wildman–Crippen MR) is 70.8 cm³/mol. The molecule has 1 saturated carbocycles. The summed E-state index contributed by atoms with van der Waals surface area (Å²) in [6.07, 6.45) is 5.27. The number of hydrogen-bond donors (Lipinski definition) is 1. The van der Waals surface area contributed by atoms with Gasteiger partial charge in [-0.25, -0.2) is 0 Å². The molecule has 3 aliphatic rings. The van der Waals surface area contributed by atoms with Crippen LogP contribution in [0.15, 0.2) is 24.3 Å². The Morgan fingerprint density at radius 3 is 2.68 bits per heavy atom. The van der Waals surface area contributed by atoms with Crippen LogP contribution in [0, 0.1) is 0 Å². The van der Waals surface area contributed by atoms with Crippen LogP contribution < -0.4 is 0 Å². The van der Waals surface area contributed by atoms with Crippen molar-refractivity contribution in [2.45, 2.75) is 49.4 Å². The van der Waals surface area contributed by atoms with Crippen molar-refractivity contribution in [1.82, 2.24) is 0 Å². The minimum absolute atomic E-state index is 0.169. The highest BCUT2D eigenvalue weighted by molar-refractivity contribution is 5.50. The molecule has 0 radical (unpaired) electrons. The van der Waals surface area contributed by atoms with Gasteiger partial charge in [-0.3, -0.25) is 0 Å². The highest BCUT2D eigenvalue weighted by Gasteiger charge is 2.66. The largest absolute Gasteiger partial charge is 0.379 e. The molecular weight excluding hydrogens is 240 g/mol. The fourth-order valence-electron chi connectivity index (χ4n) is 4.21. The van der Waals surface area contributed by atoms with E-state index >= 15 is 0 Å². The first kappa shape index (κ1) is 11.9. The van der Waals surface area contributed by atoms with Crippen molar-refractivity contribution in [2.24, 2.45) is 0 Å². The first-order chi connectivity index (χ1) is 9.28. The summed E-state index contributed by atoms with van der Waals surface area (Å²) in [4.78, 5) is 0. The summed E-state index contributed by atoms with van der Waals surface area (Å²) >= 11 is 0. The van der Waals surface area contributed by atoms with Gasteiger partial charge in [-0.15, -0.1) is 0 Å². The van der Waals surface area contributed by atoms with E-state index in [-0.39, 0.29) is 5.92 Å². The Morgan fingerprint density at radius 1 is 1.05 bits per heavy atom. The van der Waals surface area contributed by atoms with Crippen LogP contribution in [-0.4, -0.2) is 24.1 Å². The maximum absolute atomic E-state index is 11.4. The molecule has 4 rings (SSSR count). The third kappa shape index (κ3) is 1.38. The van der Waals surface area contributed by atoms with Gasteiger partial charge in [0.05, 0.1) is 13.2 Å². The number of rotatable bonds is 0. The van der Waals surface area contributed by atoms with Crippen molar-refractivity contribution in [3.63, 3.8) is 0 Å². The maximum Gasteiger partial charge on any atom is 0.202 e. The van der Waals surface area contributed by atoms with E-state index in [1.165, 1.54) is 18.4 Å². The highest BCUT2D eigenvalue weighted by Crippen LogP contribution is 2.61. The summed E-state index contributed by atoms with van der Waals surface area (Å²) in [5.74, 6) is -0.631. The number of fused-ring (bicyclic) bond motifs is 5. The van der Waals surface area contributed by atoms with Gasteiger partial charge in [-0.1, -0.05) is 37.1 Å². The average molecular weight is 260 g/mol. The maximum atomic E-state index is 11.4. The lowest BCUT2D eigenvalue weighted by molar-refractivity contribution is -0.301. The molecule has 1 aliphatic heterocycles. The van der Waals surface area contributed by atoms with Gasteiger partial charge in [0, 0.05) is 12.3 Å². The molecule has 0 amide bonds. The van der Waals surface area contributed by atoms with Crippen molar-refractivity contribution in [2.75, 3.05) is 13.2 Å². The Kier molecular flexibility index (Phi) is 2.53. The monoisotopic (exact) mass is 260 g/mol. The van der Waals surface area contributed by atoms with E-state index in [0.29, 0.717) is 13.2 Å². The van der Waals surface area contributed by atoms with E-state index < -0.39 is 11.4 Å².